The minimum atomic E-state index is -0.775. The zero-order chi connectivity index (χ0) is 20.9. The summed E-state index contributed by atoms with van der Waals surface area (Å²) in [4.78, 5) is 32.5. The summed E-state index contributed by atoms with van der Waals surface area (Å²) in [5.74, 6) is -0.228. The highest BCUT2D eigenvalue weighted by Crippen LogP contribution is 2.35. The molecule has 1 N–H and O–H groups in total. The van der Waals surface area contributed by atoms with Gasteiger partial charge in [0.05, 0.1) is 17.8 Å². The van der Waals surface area contributed by atoms with Crippen LogP contribution in [0.5, 0.6) is 0 Å². The molecule has 2 aromatic heterocycles. The van der Waals surface area contributed by atoms with Crippen molar-refractivity contribution in [3.05, 3.63) is 23.5 Å². The number of carbonyl (C=O) groups excluding carboxylic acids is 1. The predicted octanol–water partition coefficient (Wildman–Crippen LogP) is 2.15. The summed E-state index contributed by atoms with van der Waals surface area (Å²) < 4.78 is 7.35. The van der Waals surface area contributed by atoms with Gasteiger partial charge >= 0.3 is 12.1 Å². The second-order valence-electron chi connectivity index (χ2n) is 8.92. The lowest BCUT2D eigenvalue weighted by atomic mass is 9.97. The van der Waals surface area contributed by atoms with Gasteiger partial charge in [0.2, 0.25) is 0 Å². The molecule has 1 amide bonds. The van der Waals surface area contributed by atoms with Gasteiger partial charge in [0, 0.05) is 43.7 Å². The fourth-order valence-electron chi connectivity index (χ4n) is 4.00. The maximum Gasteiger partial charge on any atom is 0.410 e. The van der Waals surface area contributed by atoms with Gasteiger partial charge in [0.15, 0.2) is 5.65 Å². The van der Waals surface area contributed by atoms with E-state index in [0.29, 0.717) is 32.6 Å². The number of hydrogen-bond acceptors (Lipinski definition) is 6. The van der Waals surface area contributed by atoms with E-state index in [0.717, 1.165) is 22.7 Å². The number of carboxylic acid groups (broad SMARTS) is 1. The molecule has 2 aromatic rings. The van der Waals surface area contributed by atoms with Crippen molar-refractivity contribution in [2.45, 2.75) is 45.6 Å². The van der Waals surface area contributed by atoms with Gasteiger partial charge in [-0.25, -0.2) is 9.78 Å². The third kappa shape index (κ3) is 3.61. The predicted molar refractivity (Wildman–Crippen MR) is 106 cm³/mol. The molecule has 4 rings (SSSR count). The van der Waals surface area contributed by atoms with E-state index in [9.17, 15) is 14.7 Å². The Hall–Kier alpha value is -2.84. The van der Waals surface area contributed by atoms with Crippen LogP contribution in [0.1, 0.15) is 44.9 Å². The minimum Gasteiger partial charge on any atom is -0.481 e. The fraction of sp³-hybridized carbons (Fsp3) is 0.600. The highest BCUT2D eigenvalue weighted by atomic mass is 16.6. The lowest BCUT2D eigenvalue weighted by Crippen LogP contribution is -2.51. The van der Waals surface area contributed by atoms with Crippen molar-refractivity contribution in [3.63, 3.8) is 0 Å². The molecule has 29 heavy (non-hydrogen) atoms. The monoisotopic (exact) mass is 401 g/mol. The van der Waals surface area contributed by atoms with Gasteiger partial charge in [-0.15, -0.1) is 0 Å². The Balaban J connectivity index is 1.68. The molecule has 156 valence electrons. The van der Waals surface area contributed by atoms with Gasteiger partial charge in [-0.1, -0.05) is 6.92 Å². The highest BCUT2D eigenvalue weighted by Gasteiger charge is 2.38. The van der Waals surface area contributed by atoms with E-state index in [2.05, 4.69) is 16.9 Å². The molecule has 0 bridgehead atoms. The normalized spacial score (nSPS) is 20.2. The first-order valence-electron chi connectivity index (χ1n) is 9.96. The Labute approximate surface area is 169 Å². The summed E-state index contributed by atoms with van der Waals surface area (Å²) >= 11 is 0. The first-order valence-corrected chi connectivity index (χ1v) is 9.96. The molecule has 9 nitrogen and oxygen atoms in total. The molecule has 0 saturated carbocycles. The number of nitrogens with zero attached hydrogens (tertiary/aromatic N) is 5. The number of carbonyl (C=O) groups is 2. The topological polar surface area (TPSA) is 100 Å². The Morgan fingerprint density at radius 1 is 1.24 bits per heavy atom. The van der Waals surface area contributed by atoms with Crippen molar-refractivity contribution in [2.24, 2.45) is 5.92 Å². The fourth-order valence-corrected chi connectivity index (χ4v) is 4.00. The van der Waals surface area contributed by atoms with Crippen molar-refractivity contribution in [1.29, 1.82) is 0 Å². The van der Waals surface area contributed by atoms with E-state index < -0.39 is 11.6 Å². The lowest BCUT2D eigenvalue weighted by Gasteiger charge is -2.39. The van der Waals surface area contributed by atoms with E-state index in [4.69, 9.17) is 9.72 Å². The summed E-state index contributed by atoms with van der Waals surface area (Å²) in [6.07, 6.45) is 2.00. The number of aliphatic carboxylic acids is 1. The van der Waals surface area contributed by atoms with Crippen molar-refractivity contribution in [3.8, 4) is 0 Å². The van der Waals surface area contributed by atoms with Crippen LogP contribution >= 0.6 is 0 Å². The molecule has 0 aliphatic carbocycles. The summed E-state index contributed by atoms with van der Waals surface area (Å²) in [6, 6.07) is 1.85. The SMILES string of the molecule is CC1CN(C(=O)OC(C)(C)C)CCc2c1nc1ccnn1c2N1CC(C(=O)O)C1. The van der Waals surface area contributed by atoms with Crippen molar-refractivity contribution < 1.29 is 19.4 Å². The standard InChI is InChI=1S/C20H27N5O4/c1-12-9-23(19(28)29-20(2,3)4)8-6-14-16(12)22-15-5-7-21-25(15)17(14)24-10-13(11-24)18(26)27/h5,7,12-13H,6,8-11H2,1-4H3,(H,26,27). The average Bonchev–Trinajstić information content (AvgIpc) is 2.96. The third-order valence-electron chi connectivity index (χ3n) is 5.41. The molecule has 4 heterocycles. The Morgan fingerprint density at radius 2 is 1.97 bits per heavy atom. The van der Waals surface area contributed by atoms with Gasteiger partial charge < -0.3 is 19.6 Å². The molecule has 2 aliphatic rings. The van der Waals surface area contributed by atoms with Gasteiger partial charge in [-0.2, -0.15) is 9.61 Å². The Bertz CT molecular complexity index is 958. The van der Waals surface area contributed by atoms with E-state index in [-0.39, 0.29) is 17.9 Å². The number of amides is 1. The lowest BCUT2D eigenvalue weighted by molar-refractivity contribution is -0.142. The van der Waals surface area contributed by atoms with Gasteiger partial charge in [0.1, 0.15) is 11.4 Å². The Kier molecular flexibility index (Phi) is 4.63. The van der Waals surface area contributed by atoms with Crippen LogP contribution in [0.4, 0.5) is 10.6 Å². The van der Waals surface area contributed by atoms with Crippen molar-refractivity contribution >= 4 is 23.5 Å². The van der Waals surface area contributed by atoms with Crippen LogP contribution in [-0.4, -0.2) is 68.4 Å². The van der Waals surface area contributed by atoms with E-state index in [1.165, 1.54) is 0 Å². The molecule has 1 fully saturated rings. The van der Waals surface area contributed by atoms with Crippen LogP contribution in [0.25, 0.3) is 5.65 Å². The van der Waals surface area contributed by atoms with E-state index >= 15 is 0 Å². The quantitative estimate of drug-likeness (QED) is 0.823. The van der Waals surface area contributed by atoms with Gasteiger partial charge in [-0.05, 0) is 27.2 Å². The highest BCUT2D eigenvalue weighted by molar-refractivity contribution is 5.75. The molecule has 0 spiro atoms. The summed E-state index contributed by atoms with van der Waals surface area (Å²) in [7, 11) is 0. The van der Waals surface area contributed by atoms with E-state index in [1.807, 2.05) is 26.8 Å². The number of carboxylic acids is 1. The second-order valence-corrected chi connectivity index (χ2v) is 8.92. The van der Waals surface area contributed by atoms with Crippen LogP contribution in [0.15, 0.2) is 12.3 Å². The van der Waals surface area contributed by atoms with Crippen LogP contribution < -0.4 is 4.90 Å². The summed E-state index contributed by atoms with van der Waals surface area (Å²) in [5.41, 5.74) is 2.16. The van der Waals surface area contributed by atoms with Crippen molar-refractivity contribution in [1.82, 2.24) is 19.5 Å². The van der Waals surface area contributed by atoms with Crippen LogP contribution in [0.2, 0.25) is 0 Å². The maximum absolute atomic E-state index is 12.6. The van der Waals surface area contributed by atoms with Crippen LogP contribution in [0, 0.1) is 5.92 Å². The Morgan fingerprint density at radius 3 is 2.62 bits per heavy atom. The van der Waals surface area contributed by atoms with E-state index in [1.54, 1.807) is 15.6 Å². The molecular formula is C20H27N5O4. The number of hydrogen-bond donors (Lipinski definition) is 1. The zero-order valence-corrected chi connectivity index (χ0v) is 17.3. The average molecular weight is 401 g/mol. The summed E-state index contributed by atoms with van der Waals surface area (Å²) in [5, 5.41) is 13.7. The number of rotatable bonds is 2. The minimum absolute atomic E-state index is 0.0233. The first-order chi connectivity index (χ1) is 13.6. The number of anilines is 1. The first kappa shape index (κ1) is 19.5. The molecule has 1 saturated heterocycles. The van der Waals surface area contributed by atoms with Crippen molar-refractivity contribution in [2.75, 3.05) is 31.1 Å². The third-order valence-corrected chi connectivity index (χ3v) is 5.41. The summed E-state index contributed by atoms with van der Waals surface area (Å²) in [6.45, 7) is 9.58. The van der Waals surface area contributed by atoms with Crippen LogP contribution in [-0.2, 0) is 16.0 Å². The number of fused-ring (bicyclic) bond motifs is 2. The molecular weight excluding hydrogens is 374 g/mol. The maximum atomic E-state index is 12.6. The van der Waals surface area contributed by atoms with Gasteiger partial charge in [-0.3, -0.25) is 4.79 Å². The molecule has 9 heteroatoms. The number of aromatic nitrogens is 3. The van der Waals surface area contributed by atoms with Gasteiger partial charge in [0.25, 0.3) is 0 Å². The molecule has 2 aliphatic heterocycles. The molecule has 1 atom stereocenters. The largest absolute Gasteiger partial charge is 0.481 e. The molecule has 0 aromatic carbocycles. The smallest absolute Gasteiger partial charge is 0.410 e. The second kappa shape index (κ2) is 6.89. The molecule has 0 radical (unpaired) electrons. The van der Waals surface area contributed by atoms with Crippen LogP contribution in [0.3, 0.4) is 0 Å². The zero-order valence-electron chi connectivity index (χ0n) is 17.3. The number of ether oxygens (including phenoxy) is 1. The molecule has 1 unspecified atom stereocenters.